The lowest BCUT2D eigenvalue weighted by Gasteiger charge is -2.17. The lowest BCUT2D eigenvalue weighted by atomic mass is 10.2. The summed E-state index contributed by atoms with van der Waals surface area (Å²) in [6.07, 6.45) is 0.665. The number of β-amino-alcohol motifs (C(OH)–C–C–N with tert-alkyl or cyclic N) is 1. The van der Waals surface area contributed by atoms with E-state index >= 15 is 0 Å². The summed E-state index contributed by atoms with van der Waals surface area (Å²) in [5, 5.41) is 17.7. The zero-order valence-corrected chi connectivity index (χ0v) is 7.03. The van der Waals surface area contributed by atoms with Gasteiger partial charge in [0.25, 0.3) is 0 Å². The van der Waals surface area contributed by atoms with Crippen molar-refractivity contribution in [2.24, 2.45) is 5.92 Å². The maximum atomic E-state index is 9.11. The van der Waals surface area contributed by atoms with Gasteiger partial charge in [0, 0.05) is 13.1 Å². The molecule has 2 N–H and O–H groups in total. The van der Waals surface area contributed by atoms with Crippen molar-refractivity contribution >= 4 is 0 Å². The molecule has 2 atom stereocenters. The Labute approximate surface area is 67.6 Å². The first-order valence-electron chi connectivity index (χ1n) is 4.23. The average molecular weight is 159 g/mol. The molecule has 0 radical (unpaired) electrons. The quantitative estimate of drug-likeness (QED) is 0.593. The molecule has 3 nitrogen and oxygen atoms in total. The molecule has 1 fully saturated rings. The summed E-state index contributed by atoms with van der Waals surface area (Å²) in [5.74, 6) is 0.751. The highest BCUT2D eigenvalue weighted by molar-refractivity contribution is 4.74. The van der Waals surface area contributed by atoms with E-state index in [0.717, 1.165) is 19.0 Å². The molecule has 0 aromatic carbocycles. The van der Waals surface area contributed by atoms with Gasteiger partial charge < -0.3 is 15.1 Å². The Morgan fingerprint density at radius 2 is 2.36 bits per heavy atom. The highest BCUT2D eigenvalue weighted by atomic mass is 16.3. The van der Waals surface area contributed by atoms with E-state index in [2.05, 4.69) is 11.8 Å². The third-order valence-electron chi connectivity index (χ3n) is 2.19. The number of likely N-dealkylation sites (tertiary alicyclic amines) is 1. The van der Waals surface area contributed by atoms with E-state index in [1.165, 1.54) is 6.42 Å². The Balaban J connectivity index is 2.17. The van der Waals surface area contributed by atoms with E-state index in [0.29, 0.717) is 6.54 Å². The molecule has 0 aromatic heterocycles. The van der Waals surface area contributed by atoms with Gasteiger partial charge in [-0.05, 0) is 18.9 Å². The predicted molar refractivity (Wildman–Crippen MR) is 43.3 cm³/mol. The van der Waals surface area contributed by atoms with E-state index < -0.39 is 6.10 Å². The van der Waals surface area contributed by atoms with Gasteiger partial charge in [-0.25, -0.2) is 0 Å². The van der Waals surface area contributed by atoms with Gasteiger partial charge in [-0.1, -0.05) is 6.92 Å². The monoisotopic (exact) mass is 159 g/mol. The van der Waals surface area contributed by atoms with Crippen LogP contribution >= 0.6 is 0 Å². The van der Waals surface area contributed by atoms with Gasteiger partial charge in [-0.3, -0.25) is 0 Å². The van der Waals surface area contributed by atoms with Crippen molar-refractivity contribution in [3.05, 3.63) is 0 Å². The first-order chi connectivity index (χ1) is 5.22. The molecular formula is C8H17NO2. The van der Waals surface area contributed by atoms with Gasteiger partial charge in [0.05, 0.1) is 12.7 Å². The number of hydrogen-bond donors (Lipinski definition) is 2. The fourth-order valence-corrected chi connectivity index (χ4v) is 1.55. The number of nitrogens with zero attached hydrogens (tertiary/aromatic N) is 1. The second-order valence-electron chi connectivity index (χ2n) is 3.49. The van der Waals surface area contributed by atoms with E-state index in [4.69, 9.17) is 10.2 Å². The van der Waals surface area contributed by atoms with E-state index in [9.17, 15) is 0 Å². The molecule has 3 heteroatoms. The Kier molecular flexibility index (Phi) is 3.30. The fourth-order valence-electron chi connectivity index (χ4n) is 1.55. The van der Waals surface area contributed by atoms with Crippen LogP contribution in [0.1, 0.15) is 13.3 Å². The lowest BCUT2D eigenvalue weighted by molar-refractivity contribution is 0.0653. The smallest absolute Gasteiger partial charge is 0.0897 e. The van der Waals surface area contributed by atoms with E-state index in [1.54, 1.807) is 0 Å². The minimum Gasteiger partial charge on any atom is -0.394 e. The third-order valence-corrected chi connectivity index (χ3v) is 2.19. The molecule has 66 valence electrons. The van der Waals surface area contributed by atoms with Gasteiger partial charge in [0.2, 0.25) is 0 Å². The van der Waals surface area contributed by atoms with Crippen molar-refractivity contribution in [1.82, 2.24) is 4.90 Å². The maximum absolute atomic E-state index is 9.11. The number of aliphatic hydroxyl groups excluding tert-OH is 2. The minimum atomic E-state index is -0.555. The molecule has 2 unspecified atom stereocenters. The van der Waals surface area contributed by atoms with Crippen LogP contribution < -0.4 is 0 Å². The van der Waals surface area contributed by atoms with Gasteiger partial charge in [-0.2, -0.15) is 0 Å². The van der Waals surface area contributed by atoms with Crippen molar-refractivity contribution in [2.75, 3.05) is 26.2 Å². The second kappa shape index (κ2) is 4.04. The van der Waals surface area contributed by atoms with Crippen molar-refractivity contribution in [3.63, 3.8) is 0 Å². The molecule has 1 aliphatic rings. The molecule has 1 rings (SSSR count). The summed E-state index contributed by atoms with van der Waals surface area (Å²) in [6.45, 7) is 4.85. The summed E-state index contributed by atoms with van der Waals surface area (Å²) in [6, 6.07) is 0. The van der Waals surface area contributed by atoms with Crippen molar-refractivity contribution in [1.29, 1.82) is 0 Å². The second-order valence-corrected chi connectivity index (χ2v) is 3.49. The normalized spacial score (nSPS) is 29.2. The summed E-state index contributed by atoms with van der Waals surface area (Å²) in [4.78, 5) is 2.20. The average Bonchev–Trinajstić information content (AvgIpc) is 2.35. The number of hydrogen-bond acceptors (Lipinski definition) is 3. The van der Waals surface area contributed by atoms with Crippen molar-refractivity contribution in [2.45, 2.75) is 19.4 Å². The van der Waals surface area contributed by atoms with Crippen LogP contribution in [0.15, 0.2) is 0 Å². The van der Waals surface area contributed by atoms with Crippen LogP contribution in [0, 0.1) is 5.92 Å². The zero-order valence-electron chi connectivity index (χ0n) is 7.03. The highest BCUT2D eigenvalue weighted by Gasteiger charge is 2.20. The van der Waals surface area contributed by atoms with Crippen LogP contribution in [-0.4, -0.2) is 47.5 Å². The predicted octanol–water partition coefficient (Wildman–Crippen LogP) is -0.319. The molecule has 0 aromatic rings. The van der Waals surface area contributed by atoms with E-state index in [-0.39, 0.29) is 6.61 Å². The first-order valence-corrected chi connectivity index (χ1v) is 4.23. The van der Waals surface area contributed by atoms with Gasteiger partial charge in [0.1, 0.15) is 0 Å². The van der Waals surface area contributed by atoms with Crippen LogP contribution in [0.3, 0.4) is 0 Å². The lowest BCUT2D eigenvalue weighted by Crippen LogP contribution is -2.32. The molecule has 0 amide bonds. The minimum absolute atomic E-state index is 0.120. The fraction of sp³-hybridized carbons (Fsp3) is 1.00. The van der Waals surface area contributed by atoms with Crippen LogP contribution in [0.4, 0.5) is 0 Å². The van der Waals surface area contributed by atoms with Gasteiger partial charge >= 0.3 is 0 Å². The molecule has 11 heavy (non-hydrogen) atoms. The standard InChI is InChI=1S/C8H17NO2/c1-7-2-3-9(4-7)5-8(11)6-10/h7-8,10-11H,2-6H2,1H3. The molecule has 0 saturated carbocycles. The Hall–Kier alpha value is -0.120. The largest absolute Gasteiger partial charge is 0.394 e. The Morgan fingerprint density at radius 1 is 1.64 bits per heavy atom. The Bertz CT molecular complexity index is 119. The van der Waals surface area contributed by atoms with Gasteiger partial charge in [-0.15, -0.1) is 0 Å². The van der Waals surface area contributed by atoms with Crippen LogP contribution in [0.5, 0.6) is 0 Å². The number of aliphatic hydroxyl groups is 2. The first kappa shape index (κ1) is 8.97. The van der Waals surface area contributed by atoms with Gasteiger partial charge in [0.15, 0.2) is 0 Å². The maximum Gasteiger partial charge on any atom is 0.0897 e. The molecule has 0 aliphatic carbocycles. The summed E-state index contributed by atoms with van der Waals surface area (Å²) < 4.78 is 0. The van der Waals surface area contributed by atoms with Crippen molar-refractivity contribution < 1.29 is 10.2 Å². The molecule has 1 aliphatic heterocycles. The summed E-state index contributed by atoms with van der Waals surface area (Å²) in [5.41, 5.74) is 0. The SMILES string of the molecule is CC1CCN(CC(O)CO)C1. The number of rotatable bonds is 3. The topological polar surface area (TPSA) is 43.7 Å². The van der Waals surface area contributed by atoms with E-state index in [1.807, 2.05) is 0 Å². The van der Waals surface area contributed by atoms with Crippen molar-refractivity contribution in [3.8, 4) is 0 Å². The van der Waals surface area contributed by atoms with Crippen LogP contribution in [0.2, 0.25) is 0 Å². The molecule has 0 bridgehead atoms. The van der Waals surface area contributed by atoms with Crippen LogP contribution in [0.25, 0.3) is 0 Å². The molecule has 0 spiro atoms. The zero-order chi connectivity index (χ0) is 8.27. The molecule has 1 saturated heterocycles. The third kappa shape index (κ3) is 2.77. The molecular weight excluding hydrogens is 142 g/mol. The summed E-state index contributed by atoms with van der Waals surface area (Å²) >= 11 is 0. The summed E-state index contributed by atoms with van der Waals surface area (Å²) in [7, 11) is 0. The van der Waals surface area contributed by atoms with Crippen LogP contribution in [-0.2, 0) is 0 Å². The molecule has 1 heterocycles. The Morgan fingerprint density at radius 3 is 2.82 bits per heavy atom. The highest BCUT2D eigenvalue weighted by Crippen LogP contribution is 2.14.